The van der Waals surface area contributed by atoms with Crippen LogP contribution in [0.5, 0.6) is 5.88 Å². The van der Waals surface area contributed by atoms with E-state index >= 15 is 0 Å². The van der Waals surface area contributed by atoms with Crippen molar-refractivity contribution in [2.45, 2.75) is 37.9 Å². The monoisotopic (exact) mass is 502 g/mol. The lowest BCUT2D eigenvalue weighted by Gasteiger charge is -2.47. The first kappa shape index (κ1) is 23.9. The third kappa shape index (κ3) is 4.57. The molecule has 4 heterocycles. The molecule has 1 N–H and O–H groups in total. The van der Waals surface area contributed by atoms with Crippen LogP contribution in [0.25, 0.3) is 11.3 Å². The molecule has 1 aromatic carbocycles. The maximum atomic E-state index is 14.0. The molecule has 2 aliphatic heterocycles. The Morgan fingerprint density at radius 3 is 2.69 bits per heavy atom. The predicted octanol–water partition coefficient (Wildman–Crippen LogP) is 5.86. The number of piperidine rings is 1. The Kier molecular flexibility index (Phi) is 6.36. The van der Waals surface area contributed by atoms with Gasteiger partial charge in [-0.2, -0.15) is 13.2 Å². The maximum absolute atomic E-state index is 14.0. The van der Waals surface area contributed by atoms with E-state index in [1.807, 2.05) is 30.0 Å². The summed E-state index contributed by atoms with van der Waals surface area (Å²) in [6, 6.07) is 11.8. The first-order chi connectivity index (χ1) is 16.8. The van der Waals surface area contributed by atoms with Gasteiger partial charge in [0.2, 0.25) is 5.88 Å². The van der Waals surface area contributed by atoms with E-state index in [-0.39, 0.29) is 22.7 Å². The zero-order chi connectivity index (χ0) is 24.6. The van der Waals surface area contributed by atoms with Crippen molar-refractivity contribution in [2.24, 2.45) is 0 Å². The van der Waals surface area contributed by atoms with E-state index in [4.69, 9.17) is 21.3 Å². The Labute approximate surface area is 207 Å². The van der Waals surface area contributed by atoms with Crippen LogP contribution >= 0.6 is 11.6 Å². The molecule has 5 rings (SSSR count). The molecule has 9 heteroatoms. The van der Waals surface area contributed by atoms with Gasteiger partial charge in [0.25, 0.3) is 0 Å². The number of hydrogen-bond donors (Lipinski definition) is 1. The van der Waals surface area contributed by atoms with Crippen LogP contribution in [-0.2, 0) is 18.1 Å². The highest BCUT2D eigenvalue weighted by atomic mass is 35.5. The molecule has 1 spiro atoms. The summed E-state index contributed by atoms with van der Waals surface area (Å²) in [4.78, 5) is 11.1. The summed E-state index contributed by atoms with van der Waals surface area (Å²) in [5.41, 5.74) is 2.47. The minimum Gasteiger partial charge on any atom is -0.477 e. The van der Waals surface area contributed by atoms with Crippen LogP contribution in [0.3, 0.4) is 0 Å². The van der Waals surface area contributed by atoms with Crippen molar-refractivity contribution in [3.8, 4) is 17.1 Å². The molecule has 1 fully saturated rings. The van der Waals surface area contributed by atoms with Crippen LogP contribution in [-0.4, -0.2) is 36.2 Å². The summed E-state index contributed by atoms with van der Waals surface area (Å²) in [5.74, 6) is 0.490. The number of pyridine rings is 2. The standard InChI is InChI=1S/C26H26ClF3N4O/c1-2-35-24-18(4-3-11-32-24)21-7-6-19-22(33-21)15-34(16-25(19)9-12-31-13-10-25)23-8-5-17(27)14-20(23)26(28,29)30/h3-8,11,14,31H,2,9-10,12-13,15-16H2,1H3. The smallest absolute Gasteiger partial charge is 0.418 e. The molecule has 3 aromatic rings. The number of ether oxygens (including phenoxy) is 1. The van der Waals surface area contributed by atoms with Crippen LogP contribution in [0.2, 0.25) is 5.02 Å². The molecule has 5 nitrogen and oxygen atoms in total. The van der Waals surface area contributed by atoms with Crippen LogP contribution in [0.15, 0.2) is 48.7 Å². The topological polar surface area (TPSA) is 50.3 Å². The lowest BCUT2D eigenvalue weighted by atomic mass is 9.70. The number of rotatable bonds is 4. The van der Waals surface area contributed by atoms with Crippen LogP contribution in [0.4, 0.5) is 18.9 Å². The summed E-state index contributed by atoms with van der Waals surface area (Å²) in [6.45, 7) is 4.73. The van der Waals surface area contributed by atoms with Gasteiger partial charge >= 0.3 is 6.18 Å². The van der Waals surface area contributed by atoms with Gasteiger partial charge in [0.15, 0.2) is 0 Å². The predicted molar refractivity (Wildman–Crippen MR) is 130 cm³/mol. The zero-order valence-electron chi connectivity index (χ0n) is 19.3. The average molecular weight is 503 g/mol. The summed E-state index contributed by atoms with van der Waals surface area (Å²) >= 11 is 5.96. The van der Waals surface area contributed by atoms with Crippen molar-refractivity contribution in [1.29, 1.82) is 0 Å². The van der Waals surface area contributed by atoms with Gasteiger partial charge in [0.1, 0.15) is 0 Å². The normalized spacial score (nSPS) is 17.3. The van der Waals surface area contributed by atoms with E-state index < -0.39 is 11.7 Å². The first-order valence-corrected chi connectivity index (χ1v) is 12.1. The molecule has 1 saturated heterocycles. The highest BCUT2D eigenvalue weighted by Crippen LogP contribution is 2.45. The number of nitrogens with one attached hydrogen (secondary N) is 1. The van der Waals surface area contributed by atoms with Crippen molar-refractivity contribution in [2.75, 3.05) is 31.1 Å². The fourth-order valence-electron chi connectivity index (χ4n) is 5.29. The number of anilines is 1. The quantitative estimate of drug-likeness (QED) is 0.484. The molecule has 2 aliphatic rings. The Bertz CT molecular complexity index is 1230. The zero-order valence-corrected chi connectivity index (χ0v) is 20.1. The molecular formula is C26H26ClF3N4O. The molecule has 0 aliphatic carbocycles. The van der Waals surface area contributed by atoms with Crippen molar-refractivity contribution in [3.05, 3.63) is 70.5 Å². The van der Waals surface area contributed by atoms with Gasteiger partial charge in [-0.25, -0.2) is 4.98 Å². The number of aromatic nitrogens is 2. The molecule has 0 bridgehead atoms. The number of halogens is 4. The molecule has 0 amide bonds. The molecule has 35 heavy (non-hydrogen) atoms. The average Bonchev–Trinajstić information content (AvgIpc) is 2.84. The van der Waals surface area contributed by atoms with Gasteiger partial charge in [-0.3, -0.25) is 4.98 Å². The molecule has 0 atom stereocenters. The Balaban J connectivity index is 1.62. The molecule has 184 valence electrons. The van der Waals surface area contributed by atoms with E-state index in [1.54, 1.807) is 6.20 Å². The molecule has 2 aromatic heterocycles. The molecule has 0 unspecified atom stereocenters. The van der Waals surface area contributed by atoms with Crippen molar-refractivity contribution in [1.82, 2.24) is 15.3 Å². The minimum absolute atomic E-state index is 0.0653. The van der Waals surface area contributed by atoms with Gasteiger partial charge in [-0.15, -0.1) is 0 Å². The van der Waals surface area contributed by atoms with Crippen molar-refractivity contribution >= 4 is 17.3 Å². The minimum atomic E-state index is -4.51. The van der Waals surface area contributed by atoms with Gasteiger partial charge in [-0.1, -0.05) is 17.7 Å². The number of fused-ring (bicyclic) bond motifs is 2. The Morgan fingerprint density at radius 2 is 1.94 bits per heavy atom. The number of hydrogen-bond acceptors (Lipinski definition) is 5. The summed E-state index contributed by atoms with van der Waals surface area (Å²) in [7, 11) is 0. The van der Waals surface area contributed by atoms with Crippen LogP contribution in [0.1, 0.15) is 36.6 Å². The largest absolute Gasteiger partial charge is 0.477 e. The molecule has 0 radical (unpaired) electrons. The highest BCUT2D eigenvalue weighted by molar-refractivity contribution is 6.30. The Morgan fingerprint density at radius 1 is 1.14 bits per heavy atom. The van der Waals surface area contributed by atoms with Crippen LogP contribution in [0, 0.1) is 0 Å². The second kappa shape index (κ2) is 9.32. The van der Waals surface area contributed by atoms with Crippen LogP contribution < -0.4 is 15.0 Å². The van der Waals surface area contributed by atoms with E-state index in [1.165, 1.54) is 12.1 Å². The second-order valence-electron chi connectivity index (χ2n) is 9.03. The third-order valence-electron chi connectivity index (χ3n) is 6.87. The van der Waals surface area contributed by atoms with E-state index in [9.17, 15) is 13.2 Å². The SMILES string of the molecule is CCOc1ncccc1-c1ccc2c(n1)CN(c1ccc(Cl)cc1C(F)(F)F)CC21CCNCC1. The third-order valence-corrected chi connectivity index (χ3v) is 7.11. The van der Waals surface area contributed by atoms with Gasteiger partial charge in [0.05, 0.1) is 35.7 Å². The first-order valence-electron chi connectivity index (χ1n) is 11.7. The summed E-state index contributed by atoms with van der Waals surface area (Å²) < 4.78 is 47.6. The molecule has 0 saturated carbocycles. The Hall–Kier alpha value is -2.84. The van der Waals surface area contributed by atoms with E-state index in [0.717, 1.165) is 48.8 Å². The van der Waals surface area contributed by atoms with Crippen molar-refractivity contribution in [3.63, 3.8) is 0 Å². The van der Waals surface area contributed by atoms with E-state index in [0.29, 0.717) is 24.7 Å². The van der Waals surface area contributed by atoms with Gasteiger partial charge in [0, 0.05) is 28.9 Å². The van der Waals surface area contributed by atoms with E-state index in [2.05, 4.69) is 16.4 Å². The lowest BCUT2D eigenvalue weighted by molar-refractivity contribution is -0.137. The fraction of sp³-hybridized carbons (Fsp3) is 0.385. The summed E-state index contributed by atoms with van der Waals surface area (Å²) in [6.07, 6.45) is -1.20. The number of benzene rings is 1. The fourth-order valence-corrected chi connectivity index (χ4v) is 5.47. The molecular weight excluding hydrogens is 477 g/mol. The second-order valence-corrected chi connectivity index (χ2v) is 9.46. The van der Waals surface area contributed by atoms with Gasteiger partial charge in [-0.05, 0) is 74.8 Å². The van der Waals surface area contributed by atoms with Crippen molar-refractivity contribution < 1.29 is 17.9 Å². The summed E-state index contributed by atoms with van der Waals surface area (Å²) in [5, 5.41) is 3.45. The highest BCUT2D eigenvalue weighted by Gasteiger charge is 2.43. The van der Waals surface area contributed by atoms with Gasteiger partial charge < -0.3 is 15.0 Å². The number of alkyl halides is 3. The lowest BCUT2D eigenvalue weighted by Crippen LogP contribution is -2.51. The maximum Gasteiger partial charge on any atom is 0.418 e. The number of nitrogens with zero attached hydrogens (tertiary/aromatic N) is 3.